The summed E-state index contributed by atoms with van der Waals surface area (Å²) in [5, 5.41) is -0.227. The van der Waals surface area contributed by atoms with Gasteiger partial charge >= 0.3 is 0 Å². The zero-order chi connectivity index (χ0) is 10.6. The molecule has 6 heteroatoms. The molecule has 4 nitrogen and oxygen atoms in total. The number of ether oxygens (including phenoxy) is 1. The van der Waals surface area contributed by atoms with Crippen molar-refractivity contribution >= 4 is 19.7 Å². The number of aromatic nitrogens is 1. The molecule has 0 N–H and O–H groups in total. The highest BCUT2D eigenvalue weighted by Crippen LogP contribution is 2.23. The van der Waals surface area contributed by atoms with E-state index >= 15 is 0 Å². The van der Waals surface area contributed by atoms with Crippen molar-refractivity contribution in [2.24, 2.45) is 0 Å². The van der Waals surface area contributed by atoms with E-state index in [4.69, 9.17) is 15.4 Å². The maximum absolute atomic E-state index is 11.0. The highest BCUT2D eigenvalue weighted by molar-refractivity contribution is 8.13. The quantitative estimate of drug-likeness (QED) is 0.747. The van der Waals surface area contributed by atoms with Gasteiger partial charge in [-0.15, -0.1) is 0 Å². The molecular formula is C8H10ClNO3S. The lowest BCUT2D eigenvalue weighted by Crippen LogP contribution is -2.02. The number of pyridine rings is 1. The summed E-state index contributed by atoms with van der Waals surface area (Å²) in [5.74, 6) is 0.198. The van der Waals surface area contributed by atoms with Crippen molar-refractivity contribution in [2.45, 2.75) is 18.4 Å². The van der Waals surface area contributed by atoms with Crippen LogP contribution in [0, 0.1) is 0 Å². The van der Waals surface area contributed by atoms with Crippen LogP contribution in [0.2, 0.25) is 0 Å². The standard InChI is InChI=1S/C8H10ClNO3S/c1-2-6-13-7-4-3-5-10-8(7)14(9,11)12/h3-5H,2,6H2,1H3. The fraction of sp³-hybridized carbons (Fsp3) is 0.375. The minimum Gasteiger partial charge on any atom is -0.491 e. The SMILES string of the molecule is CCCOc1cccnc1S(=O)(=O)Cl. The summed E-state index contributed by atoms with van der Waals surface area (Å²) in [5.41, 5.74) is 0. The van der Waals surface area contributed by atoms with Crippen LogP contribution >= 0.6 is 10.7 Å². The molecule has 0 saturated carbocycles. The van der Waals surface area contributed by atoms with Gasteiger partial charge in [-0.3, -0.25) is 0 Å². The van der Waals surface area contributed by atoms with Gasteiger partial charge in [-0.2, -0.15) is 0 Å². The molecule has 0 aliphatic carbocycles. The maximum Gasteiger partial charge on any atom is 0.282 e. The van der Waals surface area contributed by atoms with Crippen molar-refractivity contribution in [2.75, 3.05) is 6.61 Å². The average Bonchev–Trinajstić information content (AvgIpc) is 2.14. The van der Waals surface area contributed by atoms with Gasteiger partial charge in [-0.05, 0) is 18.6 Å². The Hall–Kier alpha value is -0.810. The highest BCUT2D eigenvalue weighted by atomic mass is 35.7. The van der Waals surface area contributed by atoms with Crippen LogP contribution < -0.4 is 4.74 Å². The third-order valence-corrected chi connectivity index (χ3v) is 2.64. The minimum absolute atomic E-state index is 0.198. The van der Waals surface area contributed by atoms with Crippen molar-refractivity contribution in [3.63, 3.8) is 0 Å². The van der Waals surface area contributed by atoms with Gasteiger partial charge in [0, 0.05) is 16.9 Å². The first-order valence-corrected chi connectivity index (χ1v) is 6.39. The van der Waals surface area contributed by atoms with E-state index < -0.39 is 9.05 Å². The van der Waals surface area contributed by atoms with Gasteiger partial charge in [0.05, 0.1) is 6.61 Å². The molecule has 14 heavy (non-hydrogen) atoms. The Labute approximate surface area is 87.3 Å². The number of halogens is 1. The first kappa shape index (κ1) is 11.3. The van der Waals surface area contributed by atoms with Gasteiger partial charge < -0.3 is 4.74 Å². The number of rotatable bonds is 4. The van der Waals surface area contributed by atoms with Crippen LogP contribution in [0.5, 0.6) is 5.75 Å². The van der Waals surface area contributed by atoms with E-state index in [-0.39, 0.29) is 10.8 Å². The minimum atomic E-state index is -3.83. The molecular weight excluding hydrogens is 226 g/mol. The molecule has 0 aromatic carbocycles. The second-order valence-electron chi connectivity index (χ2n) is 2.59. The lowest BCUT2D eigenvalue weighted by molar-refractivity contribution is 0.307. The number of nitrogens with zero attached hydrogens (tertiary/aromatic N) is 1. The number of hydrogen-bond acceptors (Lipinski definition) is 4. The van der Waals surface area contributed by atoms with Crippen molar-refractivity contribution in [1.29, 1.82) is 0 Å². The molecule has 1 aromatic rings. The topological polar surface area (TPSA) is 56.3 Å². The second kappa shape index (κ2) is 4.61. The Morgan fingerprint density at radius 3 is 2.86 bits per heavy atom. The monoisotopic (exact) mass is 235 g/mol. The van der Waals surface area contributed by atoms with E-state index in [1.807, 2.05) is 6.92 Å². The van der Waals surface area contributed by atoms with E-state index in [9.17, 15) is 8.42 Å². The van der Waals surface area contributed by atoms with Crippen LogP contribution in [-0.4, -0.2) is 20.0 Å². The van der Waals surface area contributed by atoms with E-state index in [1.54, 1.807) is 6.07 Å². The molecule has 0 fully saturated rings. The molecule has 1 rings (SSSR count). The van der Waals surface area contributed by atoms with Gasteiger partial charge in [-0.1, -0.05) is 6.92 Å². The van der Waals surface area contributed by atoms with Gasteiger partial charge in [0.2, 0.25) is 5.03 Å². The van der Waals surface area contributed by atoms with Crippen molar-refractivity contribution < 1.29 is 13.2 Å². The summed E-state index contributed by atoms with van der Waals surface area (Å²) in [7, 11) is 1.34. The average molecular weight is 236 g/mol. The van der Waals surface area contributed by atoms with Crippen molar-refractivity contribution in [3.8, 4) is 5.75 Å². The molecule has 0 atom stereocenters. The summed E-state index contributed by atoms with van der Waals surface area (Å²) < 4.78 is 27.3. The zero-order valence-corrected chi connectivity index (χ0v) is 9.18. The lowest BCUT2D eigenvalue weighted by Gasteiger charge is -2.06. The van der Waals surface area contributed by atoms with Crippen LogP contribution in [0.1, 0.15) is 13.3 Å². The number of hydrogen-bond donors (Lipinski definition) is 0. The largest absolute Gasteiger partial charge is 0.491 e. The maximum atomic E-state index is 11.0. The Kier molecular flexibility index (Phi) is 3.71. The molecule has 0 bridgehead atoms. The summed E-state index contributed by atoms with van der Waals surface area (Å²) in [6.45, 7) is 2.36. The predicted molar refractivity (Wildman–Crippen MR) is 53.1 cm³/mol. The molecule has 0 spiro atoms. The van der Waals surface area contributed by atoms with Gasteiger partial charge in [-0.25, -0.2) is 13.4 Å². The van der Waals surface area contributed by atoms with Crippen LogP contribution in [0.4, 0.5) is 0 Å². The Balaban J connectivity index is 3.04. The smallest absolute Gasteiger partial charge is 0.282 e. The Morgan fingerprint density at radius 2 is 2.29 bits per heavy atom. The van der Waals surface area contributed by atoms with Crippen LogP contribution in [0.3, 0.4) is 0 Å². The molecule has 0 unspecified atom stereocenters. The molecule has 0 radical (unpaired) electrons. The zero-order valence-electron chi connectivity index (χ0n) is 7.60. The molecule has 0 saturated heterocycles. The lowest BCUT2D eigenvalue weighted by atomic mass is 10.4. The first-order chi connectivity index (χ1) is 6.55. The Morgan fingerprint density at radius 1 is 1.57 bits per heavy atom. The first-order valence-electron chi connectivity index (χ1n) is 4.08. The third kappa shape index (κ3) is 2.85. The molecule has 0 aliphatic rings. The van der Waals surface area contributed by atoms with Crippen molar-refractivity contribution in [1.82, 2.24) is 4.98 Å². The fourth-order valence-corrected chi connectivity index (χ4v) is 1.78. The molecule has 0 aliphatic heterocycles. The molecule has 1 heterocycles. The predicted octanol–water partition coefficient (Wildman–Crippen LogP) is 1.80. The summed E-state index contributed by atoms with van der Waals surface area (Å²) in [6, 6.07) is 3.12. The summed E-state index contributed by atoms with van der Waals surface area (Å²) in [6.07, 6.45) is 2.14. The van der Waals surface area contributed by atoms with Crippen LogP contribution in [-0.2, 0) is 9.05 Å². The van der Waals surface area contributed by atoms with Gasteiger partial charge in [0.1, 0.15) is 0 Å². The van der Waals surface area contributed by atoms with Crippen molar-refractivity contribution in [3.05, 3.63) is 18.3 Å². The van der Waals surface area contributed by atoms with E-state index in [1.165, 1.54) is 12.3 Å². The van der Waals surface area contributed by atoms with E-state index in [0.29, 0.717) is 6.61 Å². The van der Waals surface area contributed by atoms with Crippen LogP contribution in [0.15, 0.2) is 23.4 Å². The van der Waals surface area contributed by atoms with E-state index in [2.05, 4.69) is 4.98 Å². The second-order valence-corrected chi connectivity index (χ2v) is 5.07. The molecule has 0 amide bonds. The van der Waals surface area contributed by atoms with E-state index in [0.717, 1.165) is 6.42 Å². The fourth-order valence-electron chi connectivity index (χ4n) is 0.881. The molecule has 1 aromatic heterocycles. The molecule has 78 valence electrons. The van der Waals surface area contributed by atoms with Gasteiger partial charge in [0.15, 0.2) is 5.75 Å². The highest BCUT2D eigenvalue weighted by Gasteiger charge is 2.17. The normalized spacial score (nSPS) is 11.3. The third-order valence-electron chi connectivity index (χ3n) is 1.43. The Bertz CT molecular complexity index is 405. The summed E-state index contributed by atoms with van der Waals surface area (Å²) >= 11 is 0. The van der Waals surface area contributed by atoms with Crippen LogP contribution in [0.25, 0.3) is 0 Å². The summed E-state index contributed by atoms with van der Waals surface area (Å²) in [4.78, 5) is 3.66. The van der Waals surface area contributed by atoms with Gasteiger partial charge in [0.25, 0.3) is 9.05 Å².